The number of hydrogen-bond acceptors (Lipinski definition) is 2. The molecule has 0 fully saturated rings. The summed E-state index contributed by atoms with van der Waals surface area (Å²) in [4.78, 5) is 4.38. The number of rotatable bonds is 4. The van der Waals surface area contributed by atoms with E-state index < -0.39 is 0 Å². The lowest BCUT2D eigenvalue weighted by atomic mass is 10.1. The van der Waals surface area contributed by atoms with Crippen molar-refractivity contribution in [2.45, 2.75) is 32.9 Å². The predicted octanol–water partition coefficient (Wildman–Crippen LogP) is 3.80. The summed E-state index contributed by atoms with van der Waals surface area (Å²) in [5, 5.41) is 3.57. The molecule has 2 heteroatoms. The Morgan fingerprint density at radius 3 is 2.28 bits per heavy atom. The minimum absolute atomic E-state index is 0.252. The fraction of sp³-hybridized carbons (Fsp3) is 0.312. The van der Waals surface area contributed by atoms with Gasteiger partial charge in [-0.2, -0.15) is 0 Å². The maximum atomic E-state index is 4.38. The van der Waals surface area contributed by atoms with E-state index in [1.165, 1.54) is 11.1 Å². The number of hydrogen-bond donors (Lipinski definition) is 1. The molecule has 0 saturated carbocycles. The van der Waals surface area contributed by atoms with Crippen molar-refractivity contribution in [3.05, 3.63) is 65.5 Å². The van der Waals surface area contributed by atoms with Crippen LogP contribution in [0.15, 0.2) is 48.7 Å². The van der Waals surface area contributed by atoms with Crippen LogP contribution in [0.4, 0.5) is 0 Å². The number of benzene rings is 1. The first-order valence-corrected chi connectivity index (χ1v) is 6.40. The van der Waals surface area contributed by atoms with E-state index in [9.17, 15) is 0 Å². The van der Waals surface area contributed by atoms with E-state index in [4.69, 9.17) is 0 Å². The van der Waals surface area contributed by atoms with Crippen molar-refractivity contribution in [2.75, 3.05) is 0 Å². The fourth-order valence-electron chi connectivity index (χ4n) is 2.04. The smallest absolute Gasteiger partial charge is 0.0570 e. The average molecular weight is 240 g/mol. The Morgan fingerprint density at radius 1 is 0.944 bits per heavy atom. The largest absolute Gasteiger partial charge is 0.302 e. The second kappa shape index (κ2) is 5.78. The van der Waals surface area contributed by atoms with Gasteiger partial charge in [0.25, 0.3) is 0 Å². The molecule has 1 N–H and O–H groups in total. The highest BCUT2D eigenvalue weighted by Gasteiger charge is 2.11. The zero-order valence-electron chi connectivity index (χ0n) is 11.2. The molecule has 0 saturated heterocycles. The van der Waals surface area contributed by atoms with Crippen molar-refractivity contribution in [1.82, 2.24) is 10.3 Å². The SMILES string of the molecule is Cc1ccc([C@@H](C)NC(C)c2ccccn2)cc1. The number of aromatic nitrogens is 1. The van der Waals surface area contributed by atoms with E-state index in [1.807, 2.05) is 18.3 Å². The van der Waals surface area contributed by atoms with Crippen LogP contribution >= 0.6 is 0 Å². The molecule has 0 bridgehead atoms. The Bertz CT molecular complexity index is 476. The molecule has 1 unspecified atom stereocenters. The molecule has 94 valence electrons. The van der Waals surface area contributed by atoms with Gasteiger partial charge in [-0.3, -0.25) is 4.98 Å². The third kappa shape index (κ3) is 3.17. The van der Waals surface area contributed by atoms with Crippen LogP contribution < -0.4 is 5.32 Å². The summed E-state index contributed by atoms with van der Waals surface area (Å²) >= 11 is 0. The van der Waals surface area contributed by atoms with E-state index in [0.717, 1.165) is 5.69 Å². The van der Waals surface area contributed by atoms with Gasteiger partial charge >= 0.3 is 0 Å². The van der Waals surface area contributed by atoms with Crippen molar-refractivity contribution < 1.29 is 0 Å². The van der Waals surface area contributed by atoms with Crippen molar-refractivity contribution in [2.24, 2.45) is 0 Å². The van der Waals surface area contributed by atoms with Gasteiger partial charge in [0.2, 0.25) is 0 Å². The van der Waals surface area contributed by atoms with Gasteiger partial charge in [0.15, 0.2) is 0 Å². The van der Waals surface area contributed by atoms with E-state index >= 15 is 0 Å². The average Bonchev–Trinajstić information content (AvgIpc) is 2.40. The van der Waals surface area contributed by atoms with Gasteiger partial charge in [0.05, 0.1) is 5.69 Å². The molecule has 18 heavy (non-hydrogen) atoms. The molecule has 1 aromatic heterocycles. The summed E-state index contributed by atoms with van der Waals surface area (Å²) < 4.78 is 0. The van der Waals surface area contributed by atoms with Crippen LogP contribution in [0.5, 0.6) is 0 Å². The van der Waals surface area contributed by atoms with Crippen LogP contribution in [0.2, 0.25) is 0 Å². The highest BCUT2D eigenvalue weighted by Crippen LogP contribution is 2.18. The molecule has 0 amide bonds. The van der Waals surface area contributed by atoms with Crippen LogP contribution in [0.25, 0.3) is 0 Å². The van der Waals surface area contributed by atoms with Crippen molar-refractivity contribution in [1.29, 1.82) is 0 Å². The van der Waals surface area contributed by atoms with Gasteiger partial charge in [-0.1, -0.05) is 35.9 Å². The molecule has 0 aliphatic carbocycles. The zero-order valence-corrected chi connectivity index (χ0v) is 11.2. The van der Waals surface area contributed by atoms with Crippen LogP contribution in [0, 0.1) is 6.92 Å². The third-order valence-corrected chi connectivity index (χ3v) is 3.21. The molecule has 1 aromatic carbocycles. The molecule has 0 aliphatic rings. The molecular weight excluding hydrogens is 220 g/mol. The number of nitrogens with one attached hydrogen (secondary N) is 1. The molecule has 2 aromatic rings. The summed E-state index contributed by atoms with van der Waals surface area (Å²) in [5.41, 5.74) is 3.68. The van der Waals surface area contributed by atoms with Crippen molar-refractivity contribution in [3.63, 3.8) is 0 Å². The van der Waals surface area contributed by atoms with Gasteiger partial charge in [-0.15, -0.1) is 0 Å². The Morgan fingerprint density at radius 2 is 1.67 bits per heavy atom. The Kier molecular flexibility index (Phi) is 4.11. The molecular formula is C16H20N2. The molecule has 1 heterocycles. The van der Waals surface area contributed by atoms with Gasteiger partial charge in [0, 0.05) is 18.3 Å². The Labute approximate surface area is 109 Å². The number of pyridine rings is 1. The first-order valence-electron chi connectivity index (χ1n) is 6.40. The monoisotopic (exact) mass is 240 g/mol. The van der Waals surface area contributed by atoms with E-state index in [0.29, 0.717) is 6.04 Å². The lowest BCUT2D eigenvalue weighted by molar-refractivity contribution is 0.486. The molecule has 2 rings (SSSR count). The van der Waals surface area contributed by atoms with E-state index in [2.05, 4.69) is 61.4 Å². The second-order valence-electron chi connectivity index (χ2n) is 4.78. The molecule has 0 spiro atoms. The standard InChI is InChI=1S/C16H20N2/c1-12-7-9-15(10-8-12)13(2)18-14(3)16-6-4-5-11-17-16/h4-11,13-14,18H,1-3H3/t13-,14?/m1/s1. The summed E-state index contributed by atoms with van der Waals surface area (Å²) in [5.74, 6) is 0. The minimum atomic E-state index is 0.252. The maximum Gasteiger partial charge on any atom is 0.0570 e. The molecule has 0 aliphatic heterocycles. The number of aryl methyl sites for hydroxylation is 1. The first kappa shape index (κ1) is 12.8. The van der Waals surface area contributed by atoms with E-state index in [1.54, 1.807) is 0 Å². The molecule has 0 radical (unpaired) electrons. The summed E-state index contributed by atoms with van der Waals surface area (Å²) in [6, 6.07) is 15.3. The fourth-order valence-corrected chi connectivity index (χ4v) is 2.04. The van der Waals surface area contributed by atoms with Gasteiger partial charge in [-0.05, 0) is 38.5 Å². The molecule has 2 atom stereocenters. The lowest BCUT2D eigenvalue weighted by Crippen LogP contribution is -2.23. The van der Waals surface area contributed by atoms with Gasteiger partial charge in [-0.25, -0.2) is 0 Å². The van der Waals surface area contributed by atoms with Gasteiger partial charge < -0.3 is 5.32 Å². The molecule has 2 nitrogen and oxygen atoms in total. The maximum absolute atomic E-state index is 4.38. The van der Waals surface area contributed by atoms with Crippen molar-refractivity contribution in [3.8, 4) is 0 Å². The number of nitrogens with zero attached hydrogens (tertiary/aromatic N) is 1. The van der Waals surface area contributed by atoms with Crippen LogP contribution in [0.1, 0.15) is 42.8 Å². The highest BCUT2D eigenvalue weighted by atomic mass is 15.0. The van der Waals surface area contributed by atoms with Crippen LogP contribution in [-0.2, 0) is 0 Å². The normalized spacial score (nSPS) is 14.2. The lowest BCUT2D eigenvalue weighted by Gasteiger charge is -2.20. The van der Waals surface area contributed by atoms with Crippen LogP contribution in [-0.4, -0.2) is 4.98 Å². The second-order valence-corrected chi connectivity index (χ2v) is 4.78. The third-order valence-electron chi connectivity index (χ3n) is 3.21. The summed E-state index contributed by atoms with van der Waals surface area (Å²) in [6.45, 7) is 6.44. The Hall–Kier alpha value is -1.67. The summed E-state index contributed by atoms with van der Waals surface area (Å²) in [7, 11) is 0. The zero-order chi connectivity index (χ0) is 13.0. The van der Waals surface area contributed by atoms with Gasteiger partial charge in [0.1, 0.15) is 0 Å². The van der Waals surface area contributed by atoms with Crippen molar-refractivity contribution >= 4 is 0 Å². The predicted molar refractivity (Wildman–Crippen MR) is 75.4 cm³/mol. The van der Waals surface area contributed by atoms with E-state index in [-0.39, 0.29) is 6.04 Å². The van der Waals surface area contributed by atoms with Crippen LogP contribution in [0.3, 0.4) is 0 Å². The Balaban J connectivity index is 2.03. The topological polar surface area (TPSA) is 24.9 Å². The first-order chi connectivity index (χ1) is 8.66. The minimum Gasteiger partial charge on any atom is -0.302 e. The highest BCUT2D eigenvalue weighted by molar-refractivity contribution is 5.24. The quantitative estimate of drug-likeness (QED) is 0.879. The summed E-state index contributed by atoms with van der Waals surface area (Å²) in [6.07, 6.45) is 1.84.